The third kappa shape index (κ3) is 2.96. The first-order valence-electron chi connectivity index (χ1n) is 6.72. The topological polar surface area (TPSA) is 38.5 Å². The molecule has 2 heterocycles. The molecule has 2 N–H and O–H groups in total. The van der Waals surface area contributed by atoms with Gasteiger partial charge in [0.05, 0.1) is 6.61 Å². The van der Waals surface area contributed by atoms with Gasteiger partial charge in [-0.3, -0.25) is 0 Å². The molecule has 3 heteroatoms. The monoisotopic (exact) mass is 226 g/mol. The van der Waals surface area contributed by atoms with Crippen LogP contribution in [0, 0.1) is 17.8 Å². The van der Waals surface area contributed by atoms with Gasteiger partial charge in [-0.25, -0.2) is 0 Å². The molecule has 94 valence electrons. The molecule has 3 nitrogen and oxygen atoms in total. The van der Waals surface area contributed by atoms with Crippen LogP contribution in [-0.2, 0) is 4.74 Å². The van der Waals surface area contributed by atoms with Gasteiger partial charge in [-0.2, -0.15) is 0 Å². The third-order valence-electron chi connectivity index (χ3n) is 4.28. The predicted octanol–water partition coefficient (Wildman–Crippen LogP) is 1.33. The Balaban J connectivity index is 1.77. The van der Waals surface area contributed by atoms with Crippen molar-refractivity contribution in [2.45, 2.75) is 32.7 Å². The van der Waals surface area contributed by atoms with Gasteiger partial charge in [0.1, 0.15) is 0 Å². The molecule has 2 aliphatic heterocycles. The summed E-state index contributed by atoms with van der Waals surface area (Å²) >= 11 is 0. The van der Waals surface area contributed by atoms with E-state index in [1.165, 1.54) is 19.5 Å². The van der Waals surface area contributed by atoms with Crippen LogP contribution in [0.4, 0.5) is 0 Å². The first kappa shape index (κ1) is 12.3. The zero-order valence-corrected chi connectivity index (χ0v) is 10.7. The molecule has 2 saturated heterocycles. The van der Waals surface area contributed by atoms with E-state index in [1.807, 2.05) is 0 Å². The van der Waals surface area contributed by atoms with E-state index in [0.29, 0.717) is 12.0 Å². The van der Waals surface area contributed by atoms with Gasteiger partial charge in [-0.1, -0.05) is 13.8 Å². The van der Waals surface area contributed by atoms with Gasteiger partial charge in [0.2, 0.25) is 0 Å². The molecule has 2 aliphatic rings. The lowest BCUT2D eigenvalue weighted by Crippen LogP contribution is -2.44. The molecule has 0 radical (unpaired) electrons. The van der Waals surface area contributed by atoms with Crippen LogP contribution in [0.25, 0.3) is 0 Å². The molecule has 0 aliphatic carbocycles. The molecular formula is C13H26N2O. The normalized spacial score (nSPS) is 37.1. The molecule has 3 atom stereocenters. The maximum absolute atomic E-state index is 6.14. The standard InChI is InChI=1S/C13H26N2O/c1-10(2)11-3-5-15(7-11)8-12-9-16-6-4-13(12)14/h10-13H,3-9,14H2,1-2H3. The average Bonchev–Trinajstić information content (AvgIpc) is 2.70. The van der Waals surface area contributed by atoms with E-state index in [0.717, 1.165) is 38.0 Å². The molecule has 0 aromatic carbocycles. The van der Waals surface area contributed by atoms with Crippen LogP contribution in [-0.4, -0.2) is 43.8 Å². The molecule has 0 bridgehead atoms. The summed E-state index contributed by atoms with van der Waals surface area (Å²) in [5, 5.41) is 0. The number of nitrogens with two attached hydrogens (primary N) is 1. The van der Waals surface area contributed by atoms with E-state index < -0.39 is 0 Å². The van der Waals surface area contributed by atoms with Crippen LogP contribution >= 0.6 is 0 Å². The van der Waals surface area contributed by atoms with E-state index in [-0.39, 0.29) is 0 Å². The van der Waals surface area contributed by atoms with E-state index >= 15 is 0 Å². The molecule has 2 fully saturated rings. The Kier molecular flexibility index (Phi) is 4.22. The smallest absolute Gasteiger partial charge is 0.0521 e. The summed E-state index contributed by atoms with van der Waals surface area (Å²) in [5.41, 5.74) is 6.14. The molecule has 0 aromatic heterocycles. The van der Waals surface area contributed by atoms with Gasteiger partial charge >= 0.3 is 0 Å². The number of nitrogens with zero attached hydrogens (tertiary/aromatic N) is 1. The summed E-state index contributed by atoms with van der Waals surface area (Å²) in [7, 11) is 0. The fourth-order valence-electron chi connectivity index (χ4n) is 2.91. The highest BCUT2D eigenvalue weighted by Crippen LogP contribution is 2.25. The minimum absolute atomic E-state index is 0.354. The maximum atomic E-state index is 6.14. The second kappa shape index (κ2) is 5.48. The number of hydrogen-bond donors (Lipinski definition) is 1. The molecular weight excluding hydrogens is 200 g/mol. The Hall–Kier alpha value is -0.120. The zero-order chi connectivity index (χ0) is 11.5. The number of likely N-dealkylation sites (tertiary alicyclic amines) is 1. The van der Waals surface area contributed by atoms with Gasteiger partial charge in [0.15, 0.2) is 0 Å². The number of ether oxygens (including phenoxy) is 1. The minimum atomic E-state index is 0.354. The quantitative estimate of drug-likeness (QED) is 0.789. The molecule has 0 saturated carbocycles. The van der Waals surface area contributed by atoms with Crippen molar-refractivity contribution in [2.24, 2.45) is 23.5 Å². The van der Waals surface area contributed by atoms with E-state index in [4.69, 9.17) is 10.5 Å². The van der Waals surface area contributed by atoms with Crippen molar-refractivity contribution < 1.29 is 4.74 Å². The lowest BCUT2D eigenvalue weighted by atomic mass is 9.95. The molecule has 16 heavy (non-hydrogen) atoms. The van der Waals surface area contributed by atoms with Crippen molar-refractivity contribution in [1.82, 2.24) is 4.90 Å². The predicted molar refractivity (Wildman–Crippen MR) is 66.3 cm³/mol. The van der Waals surface area contributed by atoms with Crippen molar-refractivity contribution >= 4 is 0 Å². The summed E-state index contributed by atoms with van der Waals surface area (Å²) < 4.78 is 5.53. The van der Waals surface area contributed by atoms with Gasteiger partial charge in [0.25, 0.3) is 0 Å². The van der Waals surface area contributed by atoms with Crippen LogP contribution in [0.3, 0.4) is 0 Å². The zero-order valence-electron chi connectivity index (χ0n) is 10.7. The Morgan fingerprint density at radius 3 is 2.81 bits per heavy atom. The summed E-state index contributed by atoms with van der Waals surface area (Å²) in [6, 6.07) is 0.354. The van der Waals surface area contributed by atoms with Crippen LogP contribution in [0.5, 0.6) is 0 Å². The Bertz CT molecular complexity index is 220. The largest absolute Gasteiger partial charge is 0.381 e. The van der Waals surface area contributed by atoms with Crippen LogP contribution in [0.2, 0.25) is 0 Å². The van der Waals surface area contributed by atoms with Gasteiger partial charge < -0.3 is 15.4 Å². The minimum Gasteiger partial charge on any atom is -0.381 e. The van der Waals surface area contributed by atoms with E-state index in [1.54, 1.807) is 0 Å². The summed E-state index contributed by atoms with van der Waals surface area (Å²) in [6.45, 7) is 10.1. The van der Waals surface area contributed by atoms with Crippen molar-refractivity contribution in [3.8, 4) is 0 Å². The molecule has 0 aromatic rings. The molecule has 0 spiro atoms. The first-order chi connectivity index (χ1) is 7.66. The number of rotatable bonds is 3. The van der Waals surface area contributed by atoms with Gasteiger partial charge in [-0.15, -0.1) is 0 Å². The average molecular weight is 226 g/mol. The summed E-state index contributed by atoms with van der Waals surface area (Å²) in [4.78, 5) is 2.59. The second-order valence-corrected chi connectivity index (χ2v) is 5.84. The van der Waals surface area contributed by atoms with Crippen LogP contribution in [0.15, 0.2) is 0 Å². The highest BCUT2D eigenvalue weighted by molar-refractivity contribution is 4.84. The van der Waals surface area contributed by atoms with Crippen molar-refractivity contribution in [2.75, 3.05) is 32.8 Å². The second-order valence-electron chi connectivity index (χ2n) is 5.84. The van der Waals surface area contributed by atoms with E-state index in [2.05, 4.69) is 18.7 Å². The first-order valence-corrected chi connectivity index (χ1v) is 6.72. The summed E-state index contributed by atoms with van der Waals surface area (Å²) in [5.74, 6) is 2.27. The van der Waals surface area contributed by atoms with Gasteiger partial charge in [-0.05, 0) is 31.2 Å². The van der Waals surface area contributed by atoms with Crippen LogP contribution in [0.1, 0.15) is 26.7 Å². The lowest BCUT2D eigenvalue weighted by Gasteiger charge is -2.32. The Morgan fingerprint density at radius 2 is 2.19 bits per heavy atom. The maximum Gasteiger partial charge on any atom is 0.0521 e. The molecule has 3 unspecified atom stereocenters. The highest BCUT2D eigenvalue weighted by atomic mass is 16.5. The fraction of sp³-hybridized carbons (Fsp3) is 1.00. The molecule has 0 amide bonds. The lowest BCUT2D eigenvalue weighted by molar-refractivity contribution is 0.0285. The SMILES string of the molecule is CC(C)C1CCN(CC2COCCC2N)C1. The van der Waals surface area contributed by atoms with E-state index in [9.17, 15) is 0 Å². The van der Waals surface area contributed by atoms with Crippen molar-refractivity contribution in [3.05, 3.63) is 0 Å². The molecule has 2 rings (SSSR count). The Morgan fingerprint density at radius 1 is 1.38 bits per heavy atom. The van der Waals surface area contributed by atoms with Crippen LogP contribution < -0.4 is 5.73 Å². The van der Waals surface area contributed by atoms with Gasteiger partial charge in [0, 0.05) is 31.7 Å². The fourth-order valence-corrected chi connectivity index (χ4v) is 2.91. The van der Waals surface area contributed by atoms with Crippen molar-refractivity contribution in [3.63, 3.8) is 0 Å². The summed E-state index contributed by atoms with van der Waals surface area (Å²) in [6.07, 6.45) is 2.40. The Labute approximate surface area is 99.3 Å². The van der Waals surface area contributed by atoms with Crippen molar-refractivity contribution in [1.29, 1.82) is 0 Å². The third-order valence-corrected chi connectivity index (χ3v) is 4.28. The highest BCUT2D eigenvalue weighted by Gasteiger charge is 2.29. The number of hydrogen-bond acceptors (Lipinski definition) is 3.